The lowest BCUT2D eigenvalue weighted by atomic mass is 10.1. The number of thiazole rings is 1. The van der Waals surface area contributed by atoms with Gasteiger partial charge in [0, 0.05) is 5.38 Å². The number of amides is 1. The van der Waals surface area contributed by atoms with Crippen LogP contribution in [0.3, 0.4) is 0 Å². The lowest BCUT2D eigenvalue weighted by Gasteiger charge is -2.13. The number of halogens is 5. The second kappa shape index (κ2) is 6.99. The molecule has 1 aromatic heterocycles. The Bertz CT molecular complexity index is 733. The van der Waals surface area contributed by atoms with E-state index in [0.29, 0.717) is 11.3 Å². The summed E-state index contributed by atoms with van der Waals surface area (Å²) >= 11 is 0.546. The van der Waals surface area contributed by atoms with E-state index in [1.165, 1.54) is 19.2 Å². The van der Waals surface area contributed by atoms with Crippen LogP contribution in [0, 0.1) is 0 Å². The molecule has 1 heterocycles. The highest BCUT2D eigenvalue weighted by molar-refractivity contribution is 7.14. The van der Waals surface area contributed by atoms with Gasteiger partial charge < -0.3 is 9.47 Å². The molecule has 0 saturated carbocycles. The molecule has 24 heavy (non-hydrogen) atoms. The first-order valence-electron chi connectivity index (χ1n) is 6.18. The number of benzene rings is 1. The molecule has 0 bridgehead atoms. The number of aromatic nitrogens is 1. The van der Waals surface area contributed by atoms with Gasteiger partial charge in [-0.25, -0.2) is 4.98 Å². The summed E-state index contributed by atoms with van der Waals surface area (Å²) in [6, 6.07) is 3.79. The number of rotatable bonds is 5. The van der Waals surface area contributed by atoms with E-state index in [0.717, 1.165) is 11.4 Å². The molecule has 0 spiro atoms. The molecule has 130 valence electrons. The van der Waals surface area contributed by atoms with Gasteiger partial charge in [-0.3, -0.25) is 10.1 Å². The molecule has 2 rings (SSSR count). The fourth-order valence-electron chi connectivity index (χ4n) is 1.69. The summed E-state index contributed by atoms with van der Waals surface area (Å²) < 4.78 is 71.5. The molecule has 0 fully saturated rings. The van der Waals surface area contributed by atoms with Crippen LogP contribution in [0.15, 0.2) is 23.6 Å². The number of hydrogen-bond acceptors (Lipinski definition) is 5. The van der Waals surface area contributed by atoms with Crippen molar-refractivity contribution in [1.29, 1.82) is 0 Å². The molecule has 5 nitrogen and oxygen atoms in total. The van der Waals surface area contributed by atoms with Gasteiger partial charge in [0.1, 0.15) is 0 Å². The smallest absolute Gasteiger partial charge is 0.434 e. The Morgan fingerprint density at radius 3 is 2.58 bits per heavy atom. The number of carbonyl (C=O) groups is 1. The van der Waals surface area contributed by atoms with E-state index in [1.807, 2.05) is 0 Å². The number of methoxy groups -OCH3 is 1. The highest BCUT2D eigenvalue weighted by atomic mass is 32.1. The number of anilines is 1. The average molecular weight is 368 g/mol. The lowest BCUT2D eigenvalue weighted by molar-refractivity contribution is -0.140. The van der Waals surface area contributed by atoms with Crippen LogP contribution in [0.1, 0.15) is 16.1 Å². The van der Waals surface area contributed by atoms with E-state index in [-0.39, 0.29) is 16.4 Å². The molecule has 2 aromatic rings. The van der Waals surface area contributed by atoms with E-state index in [4.69, 9.17) is 4.74 Å². The van der Waals surface area contributed by atoms with Gasteiger partial charge in [-0.1, -0.05) is 6.07 Å². The molecule has 0 aliphatic carbocycles. The maximum atomic E-state index is 12.5. The van der Waals surface area contributed by atoms with E-state index in [1.54, 1.807) is 0 Å². The zero-order valence-corrected chi connectivity index (χ0v) is 12.7. The van der Waals surface area contributed by atoms with E-state index in [2.05, 4.69) is 15.0 Å². The van der Waals surface area contributed by atoms with Gasteiger partial charge in [-0.2, -0.15) is 22.0 Å². The largest absolute Gasteiger partial charge is 0.493 e. The van der Waals surface area contributed by atoms with Gasteiger partial charge in [-0.15, -0.1) is 11.3 Å². The maximum absolute atomic E-state index is 12.5. The Labute approximate surface area is 136 Å². The van der Waals surface area contributed by atoms with Crippen LogP contribution in [0.2, 0.25) is 0 Å². The fourth-order valence-corrected chi connectivity index (χ4v) is 2.40. The van der Waals surface area contributed by atoms with Crippen molar-refractivity contribution in [1.82, 2.24) is 4.98 Å². The molecular weight excluding hydrogens is 359 g/mol. The average Bonchev–Trinajstić information content (AvgIpc) is 2.95. The van der Waals surface area contributed by atoms with Gasteiger partial charge in [0.15, 0.2) is 22.3 Å². The minimum atomic E-state index is -4.65. The van der Waals surface area contributed by atoms with Crippen molar-refractivity contribution >= 4 is 22.4 Å². The molecule has 0 atom stereocenters. The van der Waals surface area contributed by atoms with Crippen molar-refractivity contribution in [3.05, 3.63) is 34.8 Å². The monoisotopic (exact) mass is 368 g/mol. The second-order valence-corrected chi connectivity index (χ2v) is 5.06. The third kappa shape index (κ3) is 4.10. The molecule has 0 saturated heterocycles. The van der Waals surface area contributed by atoms with E-state index in [9.17, 15) is 26.7 Å². The zero-order valence-electron chi connectivity index (χ0n) is 11.9. The highest BCUT2D eigenvalue weighted by Gasteiger charge is 2.34. The molecule has 0 unspecified atom stereocenters. The number of hydrogen-bond donors (Lipinski definition) is 1. The number of ether oxygens (including phenoxy) is 2. The number of alkyl halides is 5. The molecule has 1 aromatic carbocycles. The lowest BCUT2D eigenvalue weighted by Crippen LogP contribution is -2.16. The third-order valence-corrected chi connectivity index (χ3v) is 3.42. The van der Waals surface area contributed by atoms with Crippen LogP contribution in [-0.4, -0.2) is 24.6 Å². The fraction of sp³-hybridized carbons (Fsp3) is 0.231. The van der Waals surface area contributed by atoms with Crippen molar-refractivity contribution in [2.45, 2.75) is 12.8 Å². The summed E-state index contributed by atoms with van der Waals surface area (Å²) in [6.07, 6.45) is -4.65. The Hall–Kier alpha value is -2.43. The Morgan fingerprint density at radius 1 is 1.33 bits per heavy atom. The van der Waals surface area contributed by atoms with Crippen molar-refractivity contribution in [3.63, 3.8) is 0 Å². The molecule has 0 radical (unpaired) electrons. The summed E-state index contributed by atoms with van der Waals surface area (Å²) in [6.45, 7) is -3.22. The second-order valence-electron chi connectivity index (χ2n) is 4.21. The first-order chi connectivity index (χ1) is 11.2. The molecule has 1 amide bonds. The van der Waals surface area contributed by atoms with Crippen molar-refractivity contribution in [2.24, 2.45) is 0 Å². The highest BCUT2D eigenvalue weighted by Crippen LogP contribution is 2.34. The topological polar surface area (TPSA) is 60.5 Å². The minimum absolute atomic E-state index is 0.127. The van der Waals surface area contributed by atoms with E-state index < -0.39 is 30.1 Å². The van der Waals surface area contributed by atoms with Gasteiger partial charge >= 0.3 is 12.8 Å². The van der Waals surface area contributed by atoms with Crippen molar-refractivity contribution in [3.8, 4) is 11.5 Å². The predicted octanol–water partition coefficient (Wildman–Crippen LogP) is 4.02. The van der Waals surface area contributed by atoms with Crippen LogP contribution in [0.5, 0.6) is 11.5 Å². The normalized spacial score (nSPS) is 11.5. The molecule has 1 N–H and O–H groups in total. The molecular formula is C13H9F5N2O3S. The van der Waals surface area contributed by atoms with Crippen molar-refractivity contribution in [2.75, 3.05) is 12.4 Å². The van der Waals surface area contributed by atoms with Crippen LogP contribution in [0.25, 0.3) is 0 Å². The first-order valence-corrected chi connectivity index (χ1v) is 7.06. The number of carbonyl (C=O) groups excluding carboxylic acids is 1. The van der Waals surface area contributed by atoms with Gasteiger partial charge in [0.05, 0.1) is 12.7 Å². The molecule has 0 aliphatic rings. The van der Waals surface area contributed by atoms with Crippen LogP contribution >= 0.6 is 11.3 Å². The van der Waals surface area contributed by atoms with Crippen LogP contribution in [0.4, 0.5) is 27.1 Å². The summed E-state index contributed by atoms with van der Waals surface area (Å²) in [4.78, 5) is 15.4. The quantitative estimate of drug-likeness (QED) is 0.810. The molecule has 11 heteroatoms. The Balaban J connectivity index is 2.28. The summed E-state index contributed by atoms with van der Waals surface area (Å²) in [5.74, 6) is -1.62. The van der Waals surface area contributed by atoms with Crippen LogP contribution in [-0.2, 0) is 6.18 Å². The van der Waals surface area contributed by atoms with E-state index >= 15 is 0 Å². The summed E-state index contributed by atoms with van der Waals surface area (Å²) in [7, 11) is 1.19. The standard InChI is InChI=1S/C13H9F5N2O3S/c1-22-7-4-2-3-6(9(7)23-11(14)15)10(21)20-12-19-8(5-24-12)13(16,17)18/h2-5,11H,1H3,(H,19,20,21). The maximum Gasteiger partial charge on any atom is 0.434 e. The number of nitrogens with zero attached hydrogens (tertiary/aromatic N) is 1. The van der Waals surface area contributed by atoms with Gasteiger partial charge in [0.2, 0.25) is 0 Å². The Morgan fingerprint density at radius 2 is 2.04 bits per heavy atom. The van der Waals surface area contributed by atoms with Gasteiger partial charge in [-0.05, 0) is 12.1 Å². The molecule has 0 aliphatic heterocycles. The minimum Gasteiger partial charge on any atom is -0.493 e. The SMILES string of the molecule is COc1cccc(C(=O)Nc2nc(C(F)(F)F)cs2)c1OC(F)F. The Kier molecular flexibility index (Phi) is 5.22. The summed E-state index contributed by atoms with van der Waals surface area (Å²) in [5, 5.41) is 2.49. The predicted molar refractivity (Wildman–Crippen MR) is 74.7 cm³/mol. The third-order valence-electron chi connectivity index (χ3n) is 2.67. The van der Waals surface area contributed by atoms with Gasteiger partial charge in [0.25, 0.3) is 5.91 Å². The number of nitrogens with one attached hydrogen (secondary N) is 1. The van der Waals surface area contributed by atoms with Crippen molar-refractivity contribution < 1.29 is 36.2 Å². The number of para-hydroxylation sites is 1. The first kappa shape index (κ1) is 17.9. The zero-order chi connectivity index (χ0) is 17.9. The van der Waals surface area contributed by atoms with Crippen LogP contribution < -0.4 is 14.8 Å². The summed E-state index contributed by atoms with van der Waals surface area (Å²) in [5.41, 5.74) is -1.50.